The Morgan fingerprint density at radius 1 is 1.33 bits per heavy atom. The lowest BCUT2D eigenvalue weighted by Gasteiger charge is -2.10. The number of ether oxygens (including phenoxy) is 1. The Bertz CT molecular complexity index is 775. The standard InChI is InChI=1S/C14H17N5O2/c1-8(2)20-11-6-4-5-10-13(11)17-14(15)19(10)7-12-16-9(3)21-18-12/h4-6,8H,7H2,1-3H3,(H2,15,17). The van der Waals surface area contributed by atoms with Gasteiger partial charge in [-0.2, -0.15) is 4.98 Å². The molecule has 0 atom stereocenters. The third-order valence-corrected chi connectivity index (χ3v) is 3.00. The molecule has 0 bridgehead atoms. The van der Waals surface area contributed by atoms with Crippen molar-refractivity contribution >= 4 is 17.0 Å². The van der Waals surface area contributed by atoms with E-state index in [1.165, 1.54) is 0 Å². The van der Waals surface area contributed by atoms with Crippen LogP contribution in [0.15, 0.2) is 22.7 Å². The van der Waals surface area contributed by atoms with E-state index in [2.05, 4.69) is 15.1 Å². The molecule has 0 aliphatic rings. The van der Waals surface area contributed by atoms with Gasteiger partial charge in [0, 0.05) is 6.92 Å². The van der Waals surface area contributed by atoms with Gasteiger partial charge in [0.1, 0.15) is 11.3 Å². The first-order valence-electron chi connectivity index (χ1n) is 6.75. The minimum Gasteiger partial charge on any atom is -0.489 e. The predicted octanol–water partition coefficient (Wildman–Crippen LogP) is 2.15. The topological polar surface area (TPSA) is 92.0 Å². The number of rotatable bonds is 4. The Morgan fingerprint density at radius 3 is 2.81 bits per heavy atom. The number of hydrogen-bond donors (Lipinski definition) is 1. The first-order valence-corrected chi connectivity index (χ1v) is 6.75. The maximum atomic E-state index is 6.02. The molecule has 7 heteroatoms. The number of aryl methyl sites for hydroxylation is 1. The molecular weight excluding hydrogens is 270 g/mol. The van der Waals surface area contributed by atoms with Crippen LogP contribution in [0.3, 0.4) is 0 Å². The zero-order chi connectivity index (χ0) is 15.0. The maximum absolute atomic E-state index is 6.02. The van der Waals surface area contributed by atoms with Gasteiger partial charge in [-0.3, -0.25) is 0 Å². The Balaban J connectivity index is 2.05. The molecule has 0 fully saturated rings. The van der Waals surface area contributed by atoms with Gasteiger partial charge in [-0.15, -0.1) is 0 Å². The molecule has 7 nitrogen and oxygen atoms in total. The lowest BCUT2D eigenvalue weighted by molar-refractivity contribution is 0.245. The van der Waals surface area contributed by atoms with E-state index in [9.17, 15) is 0 Å². The number of nitrogens with two attached hydrogens (primary N) is 1. The second kappa shape index (κ2) is 5.08. The number of anilines is 1. The first-order chi connectivity index (χ1) is 10.0. The fourth-order valence-corrected chi connectivity index (χ4v) is 2.20. The van der Waals surface area contributed by atoms with Crippen LogP contribution in [0.2, 0.25) is 0 Å². The average molecular weight is 287 g/mol. The molecule has 2 N–H and O–H groups in total. The molecule has 3 rings (SSSR count). The molecular formula is C14H17N5O2. The van der Waals surface area contributed by atoms with Crippen LogP contribution in [0.4, 0.5) is 5.95 Å². The predicted molar refractivity (Wildman–Crippen MR) is 78.0 cm³/mol. The van der Waals surface area contributed by atoms with Crippen molar-refractivity contribution in [3.63, 3.8) is 0 Å². The Labute approximate surface area is 121 Å². The summed E-state index contributed by atoms with van der Waals surface area (Å²) < 4.78 is 12.6. The largest absolute Gasteiger partial charge is 0.489 e. The molecule has 2 heterocycles. The van der Waals surface area contributed by atoms with Crippen molar-refractivity contribution in [1.82, 2.24) is 19.7 Å². The number of nitrogens with zero attached hydrogens (tertiary/aromatic N) is 4. The monoisotopic (exact) mass is 287 g/mol. The summed E-state index contributed by atoms with van der Waals surface area (Å²) in [5.74, 6) is 2.20. The zero-order valence-corrected chi connectivity index (χ0v) is 12.2. The number of hydrogen-bond acceptors (Lipinski definition) is 6. The van der Waals surface area contributed by atoms with E-state index < -0.39 is 0 Å². The van der Waals surface area contributed by atoms with Gasteiger partial charge in [0.05, 0.1) is 18.2 Å². The number of nitrogen functional groups attached to an aromatic ring is 1. The summed E-state index contributed by atoms with van der Waals surface area (Å²) in [4.78, 5) is 8.59. The van der Waals surface area contributed by atoms with Crippen molar-refractivity contribution in [2.75, 3.05) is 5.73 Å². The van der Waals surface area contributed by atoms with Crippen LogP contribution in [0.1, 0.15) is 25.6 Å². The lowest BCUT2D eigenvalue weighted by Crippen LogP contribution is -2.06. The number of benzene rings is 1. The number of aromatic nitrogens is 4. The molecule has 1 aromatic carbocycles. The van der Waals surface area contributed by atoms with E-state index in [0.29, 0.717) is 24.2 Å². The van der Waals surface area contributed by atoms with Crippen LogP contribution in [-0.2, 0) is 6.54 Å². The highest BCUT2D eigenvalue weighted by molar-refractivity contribution is 5.84. The van der Waals surface area contributed by atoms with Crippen molar-refractivity contribution < 1.29 is 9.26 Å². The zero-order valence-electron chi connectivity index (χ0n) is 12.2. The van der Waals surface area contributed by atoms with E-state index in [4.69, 9.17) is 15.0 Å². The first kappa shape index (κ1) is 13.4. The summed E-state index contributed by atoms with van der Waals surface area (Å²) in [5.41, 5.74) is 7.64. The Kier molecular flexibility index (Phi) is 3.25. The fraction of sp³-hybridized carbons (Fsp3) is 0.357. The van der Waals surface area contributed by atoms with E-state index >= 15 is 0 Å². The normalized spacial score (nSPS) is 11.4. The van der Waals surface area contributed by atoms with Gasteiger partial charge in [0.15, 0.2) is 5.82 Å². The maximum Gasteiger partial charge on any atom is 0.223 e. The molecule has 0 saturated heterocycles. The van der Waals surface area contributed by atoms with Crippen LogP contribution in [0.25, 0.3) is 11.0 Å². The third-order valence-electron chi connectivity index (χ3n) is 3.00. The van der Waals surface area contributed by atoms with Crippen molar-refractivity contribution in [1.29, 1.82) is 0 Å². The van der Waals surface area contributed by atoms with Gasteiger partial charge in [-0.1, -0.05) is 11.2 Å². The number of imidazole rings is 1. The van der Waals surface area contributed by atoms with Gasteiger partial charge >= 0.3 is 0 Å². The fourth-order valence-electron chi connectivity index (χ4n) is 2.20. The molecule has 0 amide bonds. The highest BCUT2D eigenvalue weighted by Crippen LogP contribution is 2.28. The summed E-state index contributed by atoms with van der Waals surface area (Å²) in [5, 5.41) is 3.89. The van der Waals surface area contributed by atoms with Crippen molar-refractivity contribution in [3.05, 3.63) is 29.9 Å². The van der Waals surface area contributed by atoms with E-state index in [-0.39, 0.29) is 6.10 Å². The van der Waals surface area contributed by atoms with Crippen LogP contribution >= 0.6 is 0 Å². The van der Waals surface area contributed by atoms with Crippen LogP contribution < -0.4 is 10.5 Å². The minimum atomic E-state index is 0.0711. The van der Waals surface area contributed by atoms with E-state index in [0.717, 1.165) is 16.8 Å². The third kappa shape index (κ3) is 2.54. The lowest BCUT2D eigenvalue weighted by atomic mass is 10.3. The van der Waals surface area contributed by atoms with Crippen molar-refractivity contribution in [2.45, 2.75) is 33.4 Å². The molecule has 2 aromatic heterocycles. The molecule has 0 radical (unpaired) electrons. The minimum absolute atomic E-state index is 0.0711. The number of fused-ring (bicyclic) bond motifs is 1. The molecule has 21 heavy (non-hydrogen) atoms. The van der Waals surface area contributed by atoms with Gasteiger partial charge in [-0.05, 0) is 26.0 Å². The quantitative estimate of drug-likeness (QED) is 0.790. The molecule has 110 valence electrons. The Morgan fingerprint density at radius 2 is 2.14 bits per heavy atom. The second-order valence-electron chi connectivity index (χ2n) is 5.08. The number of para-hydroxylation sites is 1. The molecule has 0 spiro atoms. The molecule has 0 aliphatic carbocycles. The molecule has 0 aliphatic heterocycles. The summed E-state index contributed by atoms with van der Waals surface area (Å²) in [6.45, 7) is 6.10. The van der Waals surface area contributed by atoms with E-state index in [1.54, 1.807) is 6.92 Å². The SMILES string of the molecule is Cc1nc(Cn2c(N)nc3c(OC(C)C)cccc32)no1. The van der Waals surface area contributed by atoms with Crippen molar-refractivity contribution in [2.24, 2.45) is 0 Å². The van der Waals surface area contributed by atoms with Gasteiger partial charge in [0.25, 0.3) is 0 Å². The summed E-state index contributed by atoms with van der Waals surface area (Å²) in [6.07, 6.45) is 0.0711. The van der Waals surface area contributed by atoms with Crippen LogP contribution in [0.5, 0.6) is 5.75 Å². The second-order valence-corrected chi connectivity index (χ2v) is 5.08. The smallest absolute Gasteiger partial charge is 0.223 e. The van der Waals surface area contributed by atoms with E-state index in [1.807, 2.05) is 36.6 Å². The van der Waals surface area contributed by atoms with Gasteiger partial charge in [0.2, 0.25) is 11.8 Å². The molecule has 0 saturated carbocycles. The summed E-state index contributed by atoms with van der Waals surface area (Å²) in [6, 6.07) is 5.75. The highest BCUT2D eigenvalue weighted by Gasteiger charge is 2.15. The van der Waals surface area contributed by atoms with Gasteiger partial charge in [-0.25, -0.2) is 4.98 Å². The van der Waals surface area contributed by atoms with Gasteiger partial charge < -0.3 is 19.6 Å². The summed E-state index contributed by atoms with van der Waals surface area (Å²) >= 11 is 0. The van der Waals surface area contributed by atoms with Crippen LogP contribution in [-0.4, -0.2) is 25.8 Å². The molecule has 0 unspecified atom stereocenters. The summed E-state index contributed by atoms with van der Waals surface area (Å²) in [7, 11) is 0. The van der Waals surface area contributed by atoms with Crippen LogP contribution in [0, 0.1) is 6.92 Å². The Hall–Kier alpha value is -2.57. The average Bonchev–Trinajstić information content (AvgIpc) is 2.96. The molecule has 3 aromatic rings. The van der Waals surface area contributed by atoms with Crippen molar-refractivity contribution in [3.8, 4) is 5.75 Å². The highest BCUT2D eigenvalue weighted by atomic mass is 16.5.